The smallest absolute Gasteiger partial charge is 0.269 e. The number of nitrogens with one attached hydrogen (secondary N) is 2. The van der Waals surface area contributed by atoms with E-state index in [0.717, 1.165) is 22.4 Å². The van der Waals surface area contributed by atoms with E-state index in [1.54, 1.807) is 12.1 Å². The van der Waals surface area contributed by atoms with Gasteiger partial charge in [-0.15, -0.1) is 0 Å². The number of ether oxygens (including phenoxy) is 1. The van der Waals surface area contributed by atoms with Crippen LogP contribution in [0.25, 0.3) is 0 Å². The van der Waals surface area contributed by atoms with E-state index in [2.05, 4.69) is 10.9 Å². The van der Waals surface area contributed by atoms with Gasteiger partial charge in [0.2, 0.25) is 5.91 Å². The van der Waals surface area contributed by atoms with Crippen LogP contribution >= 0.6 is 0 Å². The first-order valence-corrected chi connectivity index (χ1v) is 7.81. The molecule has 2 N–H and O–H groups in total. The largest absolute Gasteiger partial charge is 0.493 e. The van der Waals surface area contributed by atoms with E-state index in [-0.39, 0.29) is 24.8 Å². The predicted octanol–water partition coefficient (Wildman–Crippen LogP) is 2.84. The summed E-state index contributed by atoms with van der Waals surface area (Å²) in [6, 6.07) is 13.0. The van der Waals surface area contributed by atoms with E-state index in [4.69, 9.17) is 4.74 Å². The van der Waals surface area contributed by atoms with Gasteiger partial charge in [-0.25, -0.2) is 0 Å². The highest BCUT2D eigenvalue weighted by Crippen LogP contribution is 2.19. The summed E-state index contributed by atoms with van der Waals surface area (Å²) in [7, 11) is 0. The SMILES string of the molecule is Cc1ccc(C(=O)NNC(=O)CCOc2cc(C)ccc2C)cc1. The normalized spacial score (nSPS) is 10.1. The second kappa shape index (κ2) is 8.15. The summed E-state index contributed by atoms with van der Waals surface area (Å²) in [5.41, 5.74) is 8.47. The van der Waals surface area contributed by atoms with Crippen molar-refractivity contribution in [3.05, 3.63) is 64.7 Å². The summed E-state index contributed by atoms with van der Waals surface area (Å²) in [5.74, 6) is 0.117. The van der Waals surface area contributed by atoms with Crippen molar-refractivity contribution < 1.29 is 14.3 Å². The third kappa shape index (κ3) is 5.12. The lowest BCUT2D eigenvalue weighted by atomic mass is 10.1. The lowest BCUT2D eigenvalue weighted by molar-refractivity contribution is -0.122. The number of carbonyl (C=O) groups is 2. The molecular formula is C19H22N2O3. The van der Waals surface area contributed by atoms with Gasteiger partial charge in [-0.3, -0.25) is 20.4 Å². The van der Waals surface area contributed by atoms with Gasteiger partial charge in [0.25, 0.3) is 5.91 Å². The minimum absolute atomic E-state index is 0.154. The number of aryl methyl sites for hydroxylation is 3. The molecule has 2 aromatic rings. The molecule has 0 unspecified atom stereocenters. The zero-order valence-corrected chi connectivity index (χ0v) is 14.2. The Morgan fingerprint density at radius 1 is 0.917 bits per heavy atom. The number of hydrogen-bond donors (Lipinski definition) is 2. The van der Waals surface area contributed by atoms with Crippen molar-refractivity contribution >= 4 is 11.8 Å². The van der Waals surface area contributed by atoms with E-state index in [1.165, 1.54) is 0 Å². The zero-order valence-electron chi connectivity index (χ0n) is 14.2. The van der Waals surface area contributed by atoms with Gasteiger partial charge in [0, 0.05) is 5.56 Å². The van der Waals surface area contributed by atoms with Gasteiger partial charge in [-0.1, -0.05) is 29.8 Å². The van der Waals surface area contributed by atoms with E-state index in [1.807, 2.05) is 51.1 Å². The fourth-order valence-corrected chi connectivity index (χ4v) is 2.08. The first kappa shape index (κ1) is 17.5. The van der Waals surface area contributed by atoms with Gasteiger partial charge in [-0.2, -0.15) is 0 Å². The monoisotopic (exact) mass is 326 g/mol. The van der Waals surface area contributed by atoms with Crippen LogP contribution in [-0.2, 0) is 4.79 Å². The van der Waals surface area contributed by atoms with Crippen LogP contribution in [0, 0.1) is 20.8 Å². The molecule has 0 aliphatic heterocycles. The van der Waals surface area contributed by atoms with Crippen molar-refractivity contribution in [2.75, 3.05) is 6.61 Å². The molecule has 0 saturated heterocycles. The molecule has 0 aliphatic carbocycles. The van der Waals surface area contributed by atoms with E-state index < -0.39 is 0 Å². The lowest BCUT2D eigenvalue weighted by Crippen LogP contribution is -2.42. The Kier molecular flexibility index (Phi) is 5.95. The van der Waals surface area contributed by atoms with Crippen LogP contribution in [-0.4, -0.2) is 18.4 Å². The van der Waals surface area contributed by atoms with Crippen LogP contribution in [0.5, 0.6) is 5.75 Å². The summed E-state index contributed by atoms with van der Waals surface area (Å²) in [5, 5.41) is 0. The van der Waals surface area contributed by atoms with Crippen molar-refractivity contribution in [3.8, 4) is 5.75 Å². The second-order valence-electron chi connectivity index (χ2n) is 5.74. The molecule has 2 amide bonds. The summed E-state index contributed by atoms with van der Waals surface area (Å²) in [6.45, 7) is 6.13. The Bertz CT molecular complexity index is 724. The standard InChI is InChI=1S/C19H22N2O3/c1-13-5-8-16(9-6-13)19(23)21-20-18(22)10-11-24-17-12-14(2)4-7-15(17)3/h4-9,12H,10-11H2,1-3H3,(H,20,22)(H,21,23). The highest BCUT2D eigenvalue weighted by molar-refractivity contribution is 5.95. The van der Waals surface area contributed by atoms with Gasteiger partial charge in [0.15, 0.2) is 0 Å². The van der Waals surface area contributed by atoms with Crippen LogP contribution in [0.15, 0.2) is 42.5 Å². The fourth-order valence-electron chi connectivity index (χ4n) is 2.08. The quantitative estimate of drug-likeness (QED) is 0.830. The number of hydrazine groups is 1. The summed E-state index contributed by atoms with van der Waals surface area (Å²) >= 11 is 0. The molecule has 0 heterocycles. The second-order valence-corrected chi connectivity index (χ2v) is 5.74. The van der Waals surface area contributed by atoms with Crippen LogP contribution in [0.4, 0.5) is 0 Å². The topological polar surface area (TPSA) is 67.4 Å². The van der Waals surface area contributed by atoms with Gasteiger partial charge in [0.05, 0.1) is 13.0 Å². The fraction of sp³-hybridized carbons (Fsp3) is 0.263. The maximum Gasteiger partial charge on any atom is 0.269 e. The minimum Gasteiger partial charge on any atom is -0.493 e. The molecule has 0 bridgehead atoms. The van der Waals surface area contributed by atoms with Gasteiger partial charge < -0.3 is 4.74 Å². The number of rotatable bonds is 5. The number of benzene rings is 2. The van der Waals surface area contributed by atoms with Gasteiger partial charge >= 0.3 is 0 Å². The van der Waals surface area contributed by atoms with Crippen LogP contribution < -0.4 is 15.6 Å². The highest BCUT2D eigenvalue weighted by atomic mass is 16.5. The molecule has 0 aliphatic rings. The number of amides is 2. The molecule has 2 aromatic carbocycles. The van der Waals surface area contributed by atoms with Crippen molar-refractivity contribution in [3.63, 3.8) is 0 Å². The van der Waals surface area contributed by atoms with Crippen molar-refractivity contribution in [1.82, 2.24) is 10.9 Å². The van der Waals surface area contributed by atoms with Crippen LogP contribution in [0.1, 0.15) is 33.5 Å². The molecule has 2 rings (SSSR count). The first-order chi connectivity index (χ1) is 11.5. The number of carbonyl (C=O) groups excluding carboxylic acids is 2. The summed E-state index contributed by atoms with van der Waals surface area (Å²) in [6.07, 6.45) is 0.154. The Labute approximate surface area is 142 Å². The molecule has 0 aromatic heterocycles. The Hall–Kier alpha value is -2.82. The minimum atomic E-state index is -0.348. The third-order valence-electron chi connectivity index (χ3n) is 3.56. The Balaban J connectivity index is 1.74. The highest BCUT2D eigenvalue weighted by Gasteiger charge is 2.08. The Morgan fingerprint density at radius 3 is 2.29 bits per heavy atom. The summed E-state index contributed by atoms with van der Waals surface area (Å²) in [4.78, 5) is 23.6. The van der Waals surface area contributed by atoms with Crippen molar-refractivity contribution in [2.24, 2.45) is 0 Å². The molecule has 0 spiro atoms. The van der Waals surface area contributed by atoms with Crippen LogP contribution in [0.3, 0.4) is 0 Å². The average Bonchev–Trinajstić information content (AvgIpc) is 2.56. The maximum atomic E-state index is 11.9. The van der Waals surface area contributed by atoms with E-state index >= 15 is 0 Å². The first-order valence-electron chi connectivity index (χ1n) is 7.81. The lowest BCUT2D eigenvalue weighted by Gasteiger charge is -2.11. The molecule has 5 nitrogen and oxygen atoms in total. The summed E-state index contributed by atoms with van der Waals surface area (Å²) < 4.78 is 5.62. The maximum absolute atomic E-state index is 11.9. The van der Waals surface area contributed by atoms with Crippen molar-refractivity contribution in [1.29, 1.82) is 0 Å². The molecular weight excluding hydrogens is 304 g/mol. The number of hydrogen-bond acceptors (Lipinski definition) is 3. The molecule has 126 valence electrons. The Morgan fingerprint density at radius 2 is 1.58 bits per heavy atom. The van der Waals surface area contributed by atoms with Gasteiger partial charge in [-0.05, 0) is 50.1 Å². The zero-order chi connectivity index (χ0) is 17.5. The van der Waals surface area contributed by atoms with Crippen LogP contribution in [0.2, 0.25) is 0 Å². The molecule has 5 heteroatoms. The molecule has 0 atom stereocenters. The molecule has 0 fully saturated rings. The van der Waals surface area contributed by atoms with E-state index in [9.17, 15) is 9.59 Å². The van der Waals surface area contributed by atoms with Crippen molar-refractivity contribution in [2.45, 2.75) is 27.2 Å². The third-order valence-corrected chi connectivity index (χ3v) is 3.56. The predicted molar refractivity (Wildman–Crippen MR) is 92.8 cm³/mol. The molecule has 24 heavy (non-hydrogen) atoms. The molecule has 0 radical (unpaired) electrons. The van der Waals surface area contributed by atoms with E-state index in [0.29, 0.717) is 5.56 Å². The van der Waals surface area contributed by atoms with Gasteiger partial charge in [0.1, 0.15) is 5.75 Å². The average molecular weight is 326 g/mol. The molecule has 0 saturated carbocycles.